The third-order valence-corrected chi connectivity index (χ3v) is 6.10. The number of rotatable bonds is 7. The van der Waals surface area contributed by atoms with E-state index in [9.17, 15) is 14.7 Å². The quantitative estimate of drug-likeness (QED) is 0.624. The number of carboxylic acids is 1. The molecule has 1 amide bonds. The van der Waals surface area contributed by atoms with E-state index in [4.69, 9.17) is 0 Å². The van der Waals surface area contributed by atoms with Crippen molar-refractivity contribution < 1.29 is 14.7 Å². The van der Waals surface area contributed by atoms with Crippen molar-refractivity contribution in [1.29, 1.82) is 0 Å². The Morgan fingerprint density at radius 3 is 1.88 bits per heavy atom. The second kappa shape index (κ2) is 10.2. The first-order valence-electron chi connectivity index (χ1n) is 11.0. The predicted molar refractivity (Wildman–Crippen MR) is 124 cm³/mol. The number of hydrogen-bond acceptors (Lipinski definition) is 3. The summed E-state index contributed by atoms with van der Waals surface area (Å²) < 4.78 is 0. The van der Waals surface area contributed by atoms with Crippen molar-refractivity contribution in [2.45, 2.75) is 18.4 Å². The molecule has 0 saturated carbocycles. The zero-order valence-corrected chi connectivity index (χ0v) is 18.0. The lowest BCUT2D eigenvalue weighted by Crippen LogP contribution is -2.59. The van der Waals surface area contributed by atoms with Gasteiger partial charge in [-0.1, -0.05) is 91.0 Å². The standard InChI is InChI=1S/C27H28N2O3/c30-26(25(22-12-6-2-7-13-22)23-14-8-3-9-15-23)29-19-18-28(20-24(29)27(31)32)17-16-21-10-4-1-5-11-21/h1-15,24-25H,16-20H2,(H,31,32)/t24-/m0/s1. The lowest BCUT2D eigenvalue weighted by Gasteiger charge is -2.41. The summed E-state index contributed by atoms with van der Waals surface area (Å²) in [5.74, 6) is -1.63. The molecule has 0 bridgehead atoms. The average Bonchev–Trinajstić information content (AvgIpc) is 2.84. The zero-order chi connectivity index (χ0) is 22.3. The Hall–Kier alpha value is -3.44. The van der Waals surface area contributed by atoms with Crippen LogP contribution in [0.2, 0.25) is 0 Å². The highest BCUT2D eigenvalue weighted by molar-refractivity contribution is 5.91. The molecule has 164 valence electrons. The Morgan fingerprint density at radius 2 is 1.34 bits per heavy atom. The lowest BCUT2D eigenvalue weighted by atomic mass is 9.89. The van der Waals surface area contributed by atoms with E-state index < -0.39 is 17.9 Å². The maximum absolute atomic E-state index is 13.7. The lowest BCUT2D eigenvalue weighted by molar-refractivity contribution is -0.154. The smallest absolute Gasteiger partial charge is 0.327 e. The van der Waals surface area contributed by atoms with Gasteiger partial charge in [0.25, 0.3) is 0 Å². The molecule has 3 aromatic rings. The van der Waals surface area contributed by atoms with Crippen molar-refractivity contribution in [3.05, 3.63) is 108 Å². The second-order valence-electron chi connectivity index (χ2n) is 8.18. The first-order valence-corrected chi connectivity index (χ1v) is 11.0. The molecule has 32 heavy (non-hydrogen) atoms. The van der Waals surface area contributed by atoms with Crippen LogP contribution in [0.3, 0.4) is 0 Å². The molecule has 1 heterocycles. The molecule has 5 nitrogen and oxygen atoms in total. The third kappa shape index (κ3) is 5.06. The van der Waals surface area contributed by atoms with Gasteiger partial charge in [0.1, 0.15) is 6.04 Å². The molecule has 1 fully saturated rings. The van der Waals surface area contributed by atoms with Gasteiger partial charge in [-0.3, -0.25) is 9.69 Å². The highest BCUT2D eigenvalue weighted by Crippen LogP contribution is 2.28. The third-order valence-electron chi connectivity index (χ3n) is 6.10. The van der Waals surface area contributed by atoms with Crippen LogP contribution >= 0.6 is 0 Å². The average molecular weight is 429 g/mol. The number of aliphatic carboxylic acids is 1. The molecule has 0 unspecified atom stereocenters. The summed E-state index contributed by atoms with van der Waals surface area (Å²) in [7, 11) is 0. The minimum atomic E-state index is -0.956. The summed E-state index contributed by atoms with van der Waals surface area (Å²) in [5.41, 5.74) is 2.98. The summed E-state index contributed by atoms with van der Waals surface area (Å²) in [6.45, 7) is 2.18. The summed E-state index contributed by atoms with van der Waals surface area (Å²) in [4.78, 5) is 29.6. The first kappa shape index (κ1) is 21.8. The minimum Gasteiger partial charge on any atom is -0.480 e. The Morgan fingerprint density at radius 1 is 0.812 bits per heavy atom. The van der Waals surface area contributed by atoms with Crippen molar-refractivity contribution in [3.8, 4) is 0 Å². The van der Waals surface area contributed by atoms with Gasteiger partial charge in [-0.2, -0.15) is 0 Å². The van der Waals surface area contributed by atoms with E-state index in [0.29, 0.717) is 19.6 Å². The fraction of sp³-hybridized carbons (Fsp3) is 0.259. The van der Waals surface area contributed by atoms with Crippen molar-refractivity contribution in [1.82, 2.24) is 9.80 Å². The fourth-order valence-electron chi connectivity index (χ4n) is 4.38. The fourth-order valence-corrected chi connectivity index (χ4v) is 4.38. The van der Waals surface area contributed by atoms with Gasteiger partial charge in [-0.15, -0.1) is 0 Å². The number of nitrogens with zero attached hydrogens (tertiary/aromatic N) is 2. The van der Waals surface area contributed by atoms with E-state index in [2.05, 4.69) is 17.0 Å². The Balaban J connectivity index is 1.53. The van der Waals surface area contributed by atoms with Crippen LogP contribution in [0.15, 0.2) is 91.0 Å². The normalized spacial score (nSPS) is 16.8. The van der Waals surface area contributed by atoms with Crippen molar-refractivity contribution in [3.63, 3.8) is 0 Å². The topological polar surface area (TPSA) is 60.9 Å². The van der Waals surface area contributed by atoms with Gasteiger partial charge >= 0.3 is 5.97 Å². The predicted octanol–water partition coefficient (Wildman–Crippen LogP) is 3.66. The van der Waals surface area contributed by atoms with Gasteiger partial charge in [-0.05, 0) is 23.1 Å². The molecule has 4 rings (SSSR count). The highest BCUT2D eigenvalue weighted by atomic mass is 16.4. The van der Waals surface area contributed by atoms with Gasteiger partial charge in [0.15, 0.2) is 0 Å². The molecule has 0 spiro atoms. The van der Waals surface area contributed by atoms with Crippen LogP contribution < -0.4 is 0 Å². The number of hydrogen-bond donors (Lipinski definition) is 1. The number of carbonyl (C=O) groups is 2. The van der Waals surface area contributed by atoms with E-state index in [1.807, 2.05) is 78.9 Å². The number of benzene rings is 3. The Kier molecular flexibility index (Phi) is 6.97. The van der Waals surface area contributed by atoms with Crippen LogP contribution in [0, 0.1) is 0 Å². The molecular formula is C27H28N2O3. The summed E-state index contributed by atoms with van der Waals surface area (Å²) in [6.07, 6.45) is 0.859. The SMILES string of the molecule is O=C(O)[C@@H]1CN(CCc2ccccc2)CCN1C(=O)C(c1ccccc1)c1ccccc1. The summed E-state index contributed by atoms with van der Waals surface area (Å²) >= 11 is 0. The van der Waals surface area contributed by atoms with Gasteiger partial charge in [0, 0.05) is 26.2 Å². The van der Waals surface area contributed by atoms with Crippen molar-refractivity contribution in [2.24, 2.45) is 0 Å². The van der Waals surface area contributed by atoms with Gasteiger partial charge in [0.05, 0.1) is 5.92 Å². The van der Waals surface area contributed by atoms with Crippen LogP contribution in [-0.2, 0) is 16.0 Å². The molecule has 0 aliphatic carbocycles. The van der Waals surface area contributed by atoms with E-state index in [-0.39, 0.29) is 5.91 Å². The Bertz CT molecular complexity index is 985. The van der Waals surface area contributed by atoms with Crippen LogP contribution in [0.25, 0.3) is 0 Å². The van der Waals surface area contributed by atoms with E-state index in [1.54, 1.807) is 4.90 Å². The molecule has 1 atom stereocenters. The molecule has 3 aromatic carbocycles. The van der Waals surface area contributed by atoms with Gasteiger partial charge in [-0.25, -0.2) is 4.79 Å². The monoisotopic (exact) mass is 428 g/mol. The number of carboxylic acid groups (broad SMARTS) is 1. The first-order chi connectivity index (χ1) is 15.6. The van der Waals surface area contributed by atoms with E-state index in [1.165, 1.54) is 5.56 Å². The molecule has 1 N–H and O–H groups in total. The number of amides is 1. The van der Waals surface area contributed by atoms with Crippen molar-refractivity contribution in [2.75, 3.05) is 26.2 Å². The van der Waals surface area contributed by atoms with Crippen LogP contribution in [0.5, 0.6) is 0 Å². The summed E-state index contributed by atoms with van der Waals surface area (Å²) in [6, 6.07) is 28.5. The van der Waals surface area contributed by atoms with Gasteiger partial charge < -0.3 is 10.0 Å². The van der Waals surface area contributed by atoms with Crippen LogP contribution in [0.1, 0.15) is 22.6 Å². The Labute approximate surface area is 188 Å². The van der Waals surface area contributed by atoms with Crippen LogP contribution in [0.4, 0.5) is 0 Å². The molecule has 1 aliphatic rings. The molecule has 1 saturated heterocycles. The maximum atomic E-state index is 13.7. The zero-order valence-electron chi connectivity index (χ0n) is 18.0. The van der Waals surface area contributed by atoms with E-state index >= 15 is 0 Å². The van der Waals surface area contributed by atoms with Crippen molar-refractivity contribution >= 4 is 11.9 Å². The molecule has 0 aromatic heterocycles. The molecule has 0 radical (unpaired) electrons. The number of piperazine rings is 1. The van der Waals surface area contributed by atoms with Gasteiger partial charge in [0.2, 0.25) is 5.91 Å². The molecular weight excluding hydrogens is 400 g/mol. The second-order valence-corrected chi connectivity index (χ2v) is 8.18. The highest BCUT2D eigenvalue weighted by Gasteiger charge is 2.38. The minimum absolute atomic E-state index is 0.155. The molecule has 5 heteroatoms. The summed E-state index contributed by atoms with van der Waals surface area (Å²) in [5, 5.41) is 9.96. The largest absolute Gasteiger partial charge is 0.480 e. The molecule has 1 aliphatic heterocycles. The van der Waals surface area contributed by atoms with E-state index in [0.717, 1.165) is 24.1 Å². The number of carbonyl (C=O) groups excluding carboxylic acids is 1. The maximum Gasteiger partial charge on any atom is 0.327 e. The van der Waals surface area contributed by atoms with Crippen LogP contribution in [-0.4, -0.2) is 59.0 Å².